The molecule has 0 spiro atoms. The SMILES string of the molecule is CCCCCCCCCCCCCC[Se][SeH]. The molecule has 0 rings (SSSR count). The Balaban J connectivity index is 2.83. The van der Waals surface area contributed by atoms with Crippen molar-refractivity contribution in [2.24, 2.45) is 0 Å². The van der Waals surface area contributed by atoms with Crippen LogP contribution in [0, 0.1) is 0 Å². The molecule has 0 fully saturated rings. The first-order valence-electron chi connectivity index (χ1n) is 7.18. The van der Waals surface area contributed by atoms with Crippen LogP contribution in [0.25, 0.3) is 0 Å². The van der Waals surface area contributed by atoms with Gasteiger partial charge in [0.2, 0.25) is 0 Å². The van der Waals surface area contributed by atoms with Crippen LogP contribution in [0.4, 0.5) is 0 Å². The van der Waals surface area contributed by atoms with E-state index in [0.717, 1.165) is 13.1 Å². The molecule has 16 heavy (non-hydrogen) atoms. The summed E-state index contributed by atoms with van der Waals surface area (Å²) in [6.45, 7) is 2.29. The molecule has 0 aromatic heterocycles. The van der Waals surface area contributed by atoms with Crippen molar-refractivity contribution in [3.05, 3.63) is 0 Å². The van der Waals surface area contributed by atoms with Crippen LogP contribution in [0.15, 0.2) is 0 Å². The fraction of sp³-hybridized carbons (Fsp3) is 1.00. The van der Waals surface area contributed by atoms with E-state index in [1.165, 1.54) is 82.4 Å². The quantitative estimate of drug-likeness (QED) is 0.334. The molecule has 0 aliphatic rings. The predicted octanol–water partition coefficient (Wildman–Crippen LogP) is 4.63. The molecule has 0 N–H and O–H groups in total. The van der Waals surface area contributed by atoms with E-state index >= 15 is 0 Å². The molecule has 0 saturated carbocycles. The summed E-state index contributed by atoms with van der Waals surface area (Å²) in [7, 11) is 0. The monoisotopic (exact) mass is 358 g/mol. The average molecular weight is 356 g/mol. The number of unbranched alkanes of at least 4 members (excludes halogenated alkanes) is 11. The maximum atomic E-state index is 2.75. The van der Waals surface area contributed by atoms with Crippen molar-refractivity contribution < 1.29 is 0 Å². The standard InChI is InChI=1S/C14H30Se2/c1-2-3-4-5-6-7-8-9-10-11-12-13-14-16-15/h15H,2-14H2,1H3. The molecule has 2 heteroatoms. The van der Waals surface area contributed by atoms with Gasteiger partial charge in [0, 0.05) is 0 Å². The third-order valence-electron chi connectivity index (χ3n) is 3.09. The van der Waals surface area contributed by atoms with Crippen LogP contribution in [0.3, 0.4) is 0 Å². The van der Waals surface area contributed by atoms with E-state index in [1.54, 1.807) is 0 Å². The fourth-order valence-corrected chi connectivity index (χ4v) is 4.11. The van der Waals surface area contributed by atoms with Crippen molar-refractivity contribution in [2.45, 2.75) is 89.3 Å². The molecule has 0 aliphatic carbocycles. The van der Waals surface area contributed by atoms with Crippen molar-refractivity contribution in [3.63, 3.8) is 0 Å². The molecule has 0 heterocycles. The van der Waals surface area contributed by atoms with Gasteiger partial charge in [-0.15, -0.1) is 0 Å². The van der Waals surface area contributed by atoms with Crippen LogP contribution in [0.1, 0.15) is 84.0 Å². The molecule has 0 bridgehead atoms. The molecule has 0 unspecified atom stereocenters. The van der Waals surface area contributed by atoms with Gasteiger partial charge in [-0.3, -0.25) is 0 Å². The third kappa shape index (κ3) is 15.0. The van der Waals surface area contributed by atoms with Crippen LogP contribution in [0.2, 0.25) is 5.32 Å². The predicted molar refractivity (Wildman–Crippen MR) is 78.8 cm³/mol. The average Bonchev–Trinajstić information content (AvgIpc) is 2.31. The first-order chi connectivity index (χ1) is 7.91. The summed E-state index contributed by atoms with van der Waals surface area (Å²) >= 11 is 3.60. The molecule has 0 saturated heterocycles. The summed E-state index contributed by atoms with van der Waals surface area (Å²) in [5.74, 6) is 0. The van der Waals surface area contributed by atoms with Gasteiger partial charge in [0.1, 0.15) is 0 Å². The van der Waals surface area contributed by atoms with E-state index in [0.29, 0.717) is 0 Å². The number of rotatable bonds is 13. The van der Waals surface area contributed by atoms with Crippen LogP contribution >= 0.6 is 0 Å². The second-order valence-corrected chi connectivity index (χ2v) is 8.94. The third-order valence-corrected chi connectivity index (χ3v) is 6.07. The first-order valence-corrected chi connectivity index (χ1v) is 13.1. The van der Waals surface area contributed by atoms with Crippen LogP contribution in [-0.4, -0.2) is 27.3 Å². The van der Waals surface area contributed by atoms with Gasteiger partial charge < -0.3 is 0 Å². The second kappa shape index (κ2) is 16.0. The Morgan fingerprint density at radius 3 is 1.38 bits per heavy atom. The summed E-state index contributed by atoms with van der Waals surface area (Å²) in [5.41, 5.74) is 0. The summed E-state index contributed by atoms with van der Waals surface area (Å²) < 4.78 is 0. The van der Waals surface area contributed by atoms with Crippen molar-refractivity contribution in [2.75, 3.05) is 0 Å². The minimum atomic E-state index is 0.853. The minimum absolute atomic E-state index is 0.853. The van der Waals surface area contributed by atoms with E-state index in [-0.39, 0.29) is 0 Å². The summed E-state index contributed by atoms with van der Waals surface area (Å²) in [5, 5.41) is 1.48. The number of hydrogen-bond acceptors (Lipinski definition) is 0. The van der Waals surface area contributed by atoms with Gasteiger partial charge in [0.05, 0.1) is 0 Å². The molecule has 0 aromatic rings. The van der Waals surface area contributed by atoms with Gasteiger partial charge >= 0.3 is 103 Å². The van der Waals surface area contributed by atoms with Crippen molar-refractivity contribution in [1.29, 1.82) is 0 Å². The Hall–Kier alpha value is 1.04. The summed E-state index contributed by atoms with van der Waals surface area (Å²) in [6.07, 6.45) is 17.6. The zero-order valence-electron chi connectivity index (χ0n) is 11.0. The van der Waals surface area contributed by atoms with Gasteiger partial charge in [0.25, 0.3) is 0 Å². The van der Waals surface area contributed by atoms with Gasteiger partial charge in [-0.2, -0.15) is 0 Å². The Morgan fingerprint density at radius 2 is 1.00 bits per heavy atom. The maximum absolute atomic E-state index is 2.75. The molecule has 0 aliphatic heterocycles. The van der Waals surface area contributed by atoms with Gasteiger partial charge in [-0.25, -0.2) is 0 Å². The van der Waals surface area contributed by atoms with Crippen molar-refractivity contribution in [3.8, 4) is 0 Å². The van der Waals surface area contributed by atoms with Crippen LogP contribution in [-0.2, 0) is 0 Å². The van der Waals surface area contributed by atoms with Crippen molar-refractivity contribution in [1.82, 2.24) is 0 Å². The van der Waals surface area contributed by atoms with E-state index in [2.05, 4.69) is 21.1 Å². The normalized spacial score (nSPS) is 10.9. The van der Waals surface area contributed by atoms with E-state index < -0.39 is 0 Å². The van der Waals surface area contributed by atoms with Crippen molar-refractivity contribution >= 4 is 27.3 Å². The Labute approximate surface area is 116 Å². The number of hydrogen-bond donors (Lipinski definition) is 0. The summed E-state index contributed by atoms with van der Waals surface area (Å²) in [6, 6.07) is 0. The van der Waals surface area contributed by atoms with E-state index in [4.69, 9.17) is 0 Å². The van der Waals surface area contributed by atoms with Gasteiger partial charge in [-0.1, -0.05) is 13.3 Å². The topological polar surface area (TPSA) is 0 Å². The van der Waals surface area contributed by atoms with Gasteiger partial charge in [0.15, 0.2) is 0 Å². The molecule has 0 amide bonds. The summed E-state index contributed by atoms with van der Waals surface area (Å²) in [4.78, 5) is 0. The van der Waals surface area contributed by atoms with E-state index in [1.807, 2.05) is 0 Å². The molecular formula is C14H30Se2. The second-order valence-electron chi connectivity index (χ2n) is 4.72. The molecule has 0 aromatic carbocycles. The molecular weight excluding hydrogens is 326 g/mol. The Morgan fingerprint density at radius 1 is 0.625 bits per heavy atom. The zero-order valence-corrected chi connectivity index (χ0v) is 14.6. The first kappa shape index (κ1) is 17.0. The van der Waals surface area contributed by atoms with Crippen LogP contribution in [0.5, 0.6) is 0 Å². The molecule has 0 nitrogen and oxygen atoms in total. The molecule has 98 valence electrons. The van der Waals surface area contributed by atoms with Crippen LogP contribution < -0.4 is 0 Å². The zero-order chi connectivity index (χ0) is 11.9. The molecule has 0 radical (unpaired) electrons. The fourth-order valence-electron chi connectivity index (χ4n) is 2.01. The Kier molecular flexibility index (Phi) is 17.1. The van der Waals surface area contributed by atoms with E-state index in [9.17, 15) is 0 Å². The van der Waals surface area contributed by atoms with Gasteiger partial charge in [-0.05, 0) is 0 Å². The Bertz CT molecular complexity index is 101. The molecule has 0 atom stereocenters.